The molecule has 0 spiro atoms. The average molecular weight is 350 g/mol. The molecule has 21 heavy (non-hydrogen) atoms. The first-order valence-electron chi connectivity index (χ1n) is 7.45. The summed E-state index contributed by atoms with van der Waals surface area (Å²) in [4.78, 5) is 9.36. The molecule has 2 aromatic heterocycles. The van der Waals surface area contributed by atoms with E-state index in [1.807, 2.05) is 24.6 Å². The van der Waals surface area contributed by atoms with Crippen molar-refractivity contribution in [3.63, 3.8) is 0 Å². The van der Waals surface area contributed by atoms with Gasteiger partial charge in [-0.15, -0.1) is 0 Å². The number of nitrogens with one attached hydrogen (secondary N) is 1. The summed E-state index contributed by atoms with van der Waals surface area (Å²) >= 11 is 3.58. The first kappa shape index (κ1) is 14.5. The molecule has 2 aromatic rings. The molecule has 0 radical (unpaired) electrons. The highest BCUT2D eigenvalue weighted by Gasteiger charge is 2.28. The van der Waals surface area contributed by atoms with E-state index in [2.05, 4.69) is 38.3 Å². The van der Waals surface area contributed by atoms with Crippen molar-refractivity contribution in [3.05, 3.63) is 27.8 Å². The monoisotopic (exact) mass is 349 g/mol. The van der Waals surface area contributed by atoms with Crippen molar-refractivity contribution >= 4 is 21.7 Å². The van der Waals surface area contributed by atoms with Crippen LogP contribution < -0.4 is 5.32 Å². The smallest absolute Gasteiger partial charge is 0.159 e. The average Bonchev–Trinajstić information content (AvgIpc) is 3.29. The van der Waals surface area contributed by atoms with Crippen molar-refractivity contribution in [3.8, 4) is 5.82 Å². The number of nitrogens with zero attached hydrogens (tertiary/aromatic N) is 4. The van der Waals surface area contributed by atoms with Crippen LogP contribution in [0.15, 0.2) is 10.5 Å². The zero-order valence-corrected chi connectivity index (χ0v) is 14.2. The van der Waals surface area contributed by atoms with Gasteiger partial charge in [-0.3, -0.25) is 0 Å². The zero-order chi connectivity index (χ0) is 15.0. The van der Waals surface area contributed by atoms with Crippen LogP contribution >= 0.6 is 15.9 Å². The third-order valence-electron chi connectivity index (χ3n) is 3.65. The molecule has 2 heterocycles. The molecule has 3 rings (SSSR count). The number of aryl methyl sites for hydroxylation is 1. The van der Waals surface area contributed by atoms with Gasteiger partial charge in [0.05, 0.1) is 15.9 Å². The topological polar surface area (TPSA) is 55.6 Å². The van der Waals surface area contributed by atoms with E-state index in [0.717, 1.165) is 46.3 Å². The number of aromatic nitrogens is 4. The second kappa shape index (κ2) is 5.75. The molecule has 0 aliphatic heterocycles. The summed E-state index contributed by atoms with van der Waals surface area (Å²) in [5, 5.41) is 7.94. The van der Waals surface area contributed by atoms with Crippen LogP contribution in [0, 0.1) is 13.8 Å². The third-order valence-corrected chi connectivity index (χ3v) is 4.80. The van der Waals surface area contributed by atoms with Crippen LogP contribution in [0.5, 0.6) is 0 Å². The van der Waals surface area contributed by atoms with Crippen molar-refractivity contribution in [2.75, 3.05) is 11.9 Å². The third kappa shape index (κ3) is 2.95. The Bertz CT molecular complexity index is 660. The molecule has 1 saturated carbocycles. The Kier molecular flexibility index (Phi) is 3.97. The lowest BCUT2D eigenvalue weighted by Crippen LogP contribution is -2.09. The van der Waals surface area contributed by atoms with Gasteiger partial charge in [0.1, 0.15) is 11.6 Å². The molecule has 0 aromatic carbocycles. The van der Waals surface area contributed by atoms with Crippen molar-refractivity contribution in [2.45, 2.75) is 46.0 Å². The van der Waals surface area contributed by atoms with Crippen LogP contribution in [0.3, 0.4) is 0 Å². The number of rotatable bonds is 5. The first-order valence-corrected chi connectivity index (χ1v) is 8.24. The summed E-state index contributed by atoms with van der Waals surface area (Å²) in [6.07, 6.45) is 3.46. The van der Waals surface area contributed by atoms with Gasteiger partial charge >= 0.3 is 0 Å². The van der Waals surface area contributed by atoms with E-state index in [9.17, 15) is 0 Å². The Morgan fingerprint density at radius 1 is 1.33 bits per heavy atom. The first-order chi connectivity index (χ1) is 10.1. The Morgan fingerprint density at radius 2 is 2.10 bits per heavy atom. The highest BCUT2D eigenvalue weighted by molar-refractivity contribution is 9.10. The molecular weight excluding hydrogens is 330 g/mol. The number of hydrogen-bond donors (Lipinski definition) is 1. The minimum absolute atomic E-state index is 0.521. The van der Waals surface area contributed by atoms with Gasteiger partial charge in [0.2, 0.25) is 0 Å². The fraction of sp³-hybridized carbons (Fsp3) is 0.533. The molecule has 1 aliphatic carbocycles. The molecule has 0 saturated heterocycles. The molecular formula is C15H20BrN5. The van der Waals surface area contributed by atoms with Gasteiger partial charge in [0.25, 0.3) is 0 Å². The minimum Gasteiger partial charge on any atom is -0.370 e. The molecule has 1 aliphatic rings. The van der Waals surface area contributed by atoms with E-state index in [1.165, 1.54) is 12.8 Å². The Hall–Kier alpha value is -1.43. The standard InChI is InChI=1S/C15H20BrN5/c1-4-7-17-12-8-13(19-15(18-12)11-5-6-11)21-10(3)14(16)9(2)20-21/h8,11H,4-7H2,1-3H3,(H,17,18,19). The predicted molar refractivity (Wildman–Crippen MR) is 87.1 cm³/mol. The van der Waals surface area contributed by atoms with Crippen molar-refractivity contribution in [1.29, 1.82) is 0 Å². The summed E-state index contributed by atoms with van der Waals surface area (Å²) in [6, 6.07) is 1.98. The van der Waals surface area contributed by atoms with Gasteiger partial charge in [-0.2, -0.15) is 5.10 Å². The fourth-order valence-electron chi connectivity index (χ4n) is 2.28. The quantitative estimate of drug-likeness (QED) is 0.893. The summed E-state index contributed by atoms with van der Waals surface area (Å²) in [5.41, 5.74) is 2.04. The van der Waals surface area contributed by atoms with Crippen LogP contribution in [0.2, 0.25) is 0 Å². The van der Waals surface area contributed by atoms with Crippen molar-refractivity contribution in [2.24, 2.45) is 0 Å². The lowest BCUT2D eigenvalue weighted by atomic mass is 10.3. The molecule has 0 unspecified atom stereocenters. The zero-order valence-electron chi connectivity index (χ0n) is 12.6. The van der Waals surface area contributed by atoms with Crippen molar-refractivity contribution < 1.29 is 0 Å². The van der Waals surface area contributed by atoms with Crippen LogP contribution in [0.25, 0.3) is 5.82 Å². The van der Waals surface area contributed by atoms with Crippen LogP contribution in [0.1, 0.15) is 49.3 Å². The molecule has 112 valence electrons. The van der Waals surface area contributed by atoms with Gasteiger partial charge in [0.15, 0.2) is 5.82 Å². The summed E-state index contributed by atoms with van der Waals surface area (Å²) in [5.74, 6) is 3.20. The number of hydrogen-bond acceptors (Lipinski definition) is 4. The van der Waals surface area contributed by atoms with E-state index in [0.29, 0.717) is 5.92 Å². The van der Waals surface area contributed by atoms with E-state index in [4.69, 9.17) is 4.98 Å². The largest absolute Gasteiger partial charge is 0.370 e. The fourth-order valence-corrected chi connectivity index (χ4v) is 2.52. The maximum atomic E-state index is 4.72. The SMILES string of the molecule is CCCNc1cc(-n2nc(C)c(Br)c2C)nc(C2CC2)n1. The normalized spacial score (nSPS) is 14.5. The molecule has 0 amide bonds. The van der Waals surface area contributed by atoms with Crippen LogP contribution in [-0.4, -0.2) is 26.3 Å². The van der Waals surface area contributed by atoms with Gasteiger partial charge in [-0.25, -0.2) is 14.6 Å². The Morgan fingerprint density at radius 3 is 2.67 bits per heavy atom. The van der Waals surface area contributed by atoms with Gasteiger partial charge < -0.3 is 5.32 Å². The molecule has 1 fully saturated rings. The molecule has 6 heteroatoms. The second-order valence-electron chi connectivity index (χ2n) is 5.57. The predicted octanol–water partition coefficient (Wildman–Crippen LogP) is 3.74. The second-order valence-corrected chi connectivity index (χ2v) is 6.36. The van der Waals surface area contributed by atoms with Crippen molar-refractivity contribution in [1.82, 2.24) is 19.7 Å². The molecule has 1 N–H and O–H groups in total. The van der Waals surface area contributed by atoms with Gasteiger partial charge in [-0.05, 0) is 49.0 Å². The maximum Gasteiger partial charge on any atom is 0.159 e. The maximum absolute atomic E-state index is 4.72. The van der Waals surface area contributed by atoms with Crippen LogP contribution in [0.4, 0.5) is 5.82 Å². The van der Waals surface area contributed by atoms with Gasteiger partial charge in [0, 0.05) is 18.5 Å². The highest BCUT2D eigenvalue weighted by Crippen LogP contribution is 2.38. The molecule has 0 bridgehead atoms. The summed E-state index contributed by atoms with van der Waals surface area (Å²) in [6.45, 7) is 7.10. The van der Waals surface area contributed by atoms with E-state index >= 15 is 0 Å². The van der Waals surface area contributed by atoms with Gasteiger partial charge in [-0.1, -0.05) is 6.92 Å². The Balaban J connectivity index is 2.03. The lowest BCUT2D eigenvalue weighted by molar-refractivity contribution is 0.780. The summed E-state index contributed by atoms with van der Waals surface area (Å²) < 4.78 is 2.93. The number of halogens is 1. The number of anilines is 1. The molecule has 0 atom stereocenters. The summed E-state index contributed by atoms with van der Waals surface area (Å²) in [7, 11) is 0. The van der Waals surface area contributed by atoms with Crippen LogP contribution in [-0.2, 0) is 0 Å². The highest BCUT2D eigenvalue weighted by atomic mass is 79.9. The van der Waals surface area contributed by atoms with E-state index in [-0.39, 0.29) is 0 Å². The Labute approximate surface area is 133 Å². The van der Waals surface area contributed by atoms with E-state index < -0.39 is 0 Å². The molecule has 5 nitrogen and oxygen atoms in total. The van der Waals surface area contributed by atoms with E-state index in [1.54, 1.807) is 0 Å². The lowest BCUT2D eigenvalue weighted by Gasteiger charge is -2.10. The minimum atomic E-state index is 0.521.